The van der Waals surface area contributed by atoms with Crippen molar-refractivity contribution in [1.82, 2.24) is 10.2 Å². The molecular weight excluding hydrogens is 400 g/mol. The third-order valence-corrected chi connectivity index (χ3v) is 5.03. The normalized spacial score (nSPS) is 13.5. The molecule has 3 rings (SSSR count). The number of carbonyl (C=O) groups excluding carboxylic acids is 3. The molecule has 1 aliphatic rings. The van der Waals surface area contributed by atoms with Gasteiger partial charge in [0.05, 0.1) is 19.2 Å². The minimum absolute atomic E-state index is 0.105. The molecule has 0 spiro atoms. The Morgan fingerprint density at radius 2 is 1.68 bits per heavy atom. The number of phenolic OH excluding ortho intramolecular Hbond substituents is 1. The van der Waals surface area contributed by atoms with Gasteiger partial charge in [-0.3, -0.25) is 9.59 Å². The highest BCUT2D eigenvalue weighted by Crippen LogP contribution is 2.27. The van der Waals surface area contributed by atoms with Crippen LogP contribution in [0.5, 0.6) is 5.75 Å². The van der Waals surface area contributed by atoms with E-state index in [-0.39, 0.29) is 36.6 Å². The van der Waals surface area contributed by atoms with Gasteiger partial charge in [-0.05, 0) is 36.4 Å². The molecule has 3 amide bonds. The third-order valence-electron chi connectivity index (χ3n) is 5.03. The summed E-state index contributed by atoms with van der Waals surface area (Å²) in [6.07, 6.45) is 0.105. The maximum Gasteiger partial charge on any atom is 0.321 e. The standard InChI is InChI=1S/C22H26N4O5/c1-31-20(28)10-11-23-21(29)16-6-8-17(9-7-16)24-22(30)26-14-12-25(13-15-26)18-4-2-3-5-19(18)27/h2-9,27H,10-15H2,1H3,(H,23,29)(H,24,30). The zero-order valence-electron chi connectivity index (χ0n) is 17.3. The lowest BCUT2D eigenvalue weighted by Crippen LogP contribution is -2.50. The number of nitrogens with one attached hydrogen (secondary N) is 2. The fourth-order valence-electron chi connectivity index (χ4n) is 3.27. The number of piperazine rings is 1. The summed E-state index contributed by atoms with van der Waals surface area (Å²) in [5.41, 5.74) is 1.78. The summed E-state index contributed by atoms with van der Waals surface area (Å²) in [5.74, 6) is -0.461. The molecule has 2 aromatic rings. The highest BCUT2D eigenvalue weighted by atomic mass is 16.5. The summed E-state index contributed by atoms with van der Waals surface area (Å²) in [6.45, 7) is 2.49. The van der Waals surface area contributed by atoms with Crippen molar-refractivity contribution in [2.24, 2.45) is 0 Å². The molecule has 0 atom stereocenters. The summed E-state index contributed by atoms with van der Waals surface area (Å²) in [6, 6.07) is 13.5. The molecule has 0 bridgehead atoms. The van der Waals surface area contributed by atoms with Gasteiger partial charge >= 0.3 is 12.0 Å². The maximum atomic E-state index is 12.6. The number of nitrogens with zero attached hydrogens (tertiary/aromatic N) is 2. The number of phenols is 1. The number of esters is 1. The van der Waals surface area contributed by atoms with Crippen molar-refractivity contribution in [3.8, 4) is 5.75 Å². The Labute approximate surface area is 180 Å². The van der Waals surface area contributed by atoms with E-state index in [1.807, 2.05) is 17.0 Å². The van der Waals surface area contributed by atoms with E-state index in [0.29, 0.717) is 37.4 Å². The predicted octanol–water partition coefficient (Wildman–Crippen LogP) is 2.04. The van der Waals surface area contributed by atoms with Gasteiger partial charge in [0.2, 0.25) is 0 Å². The van der Waals surface area contributed by atoms with E-state index in [2.05, 4.69) is 15.4 Å². The molecule has 1 aliphatic heterocycles. The van der Waals surface area contributed by atoms with Gasteiger partial charge in [-0.1, -0.05) is 12.1 Å². The Hall–Kier alpha value is -3.75. The van der Waals surface area contributed by atoms with Crippen LogP contribution in [0.25, 0.3) is 0 Å². The lowest BCUT2D eigenvalue weighted by atomic mass is 10.2. The van der Waals surface area contributed by atoms with Gasteiger partial charge in [-0.15, -0.1) is 0 Å². The second-order valence-corrected chi connectivity index (χ2v) is 7.05. The molecule has 2 aromatic carbocycles. The topological polar surface area (TPSA) is 111 Å². The van der Waals surface area contributed by atoms with Crippen molar-refractivity contribution in [1.29, 1.82) is 0 Å². The summed E-state index contributed by atoms with van der Waals surface area (Å²) in [4.78, 5) is 39.5. The monoisotopic (exact) mass is 426 g/mol. The van der Waals surface area contributed by atoms with Crippen LogP contribution < -0.4 is 15.5 Å². The highest BCUT2D eigenvalue weighted by molar-refractivity contribution is 5.95. The van der Waals surface area contributed by atoms with Gasteiger partial charge in [0.15, 0.2) is 0 Å². The van der Waals surface area contributed by atoms with Gasteiger partial charge in [-0.2, -0.15) is 0 Å². The highest BCUT2D eigenvalue weighted by Gasteiger charge is 2.22. The third kappa shape index (κ3) is 5.88. The fourth-order valence-corrected chi connectivity index (χ4v) is 3.27. The Morgan fingerprint density at radius 1 is 1.00 bits per heavy atom. The molecule has 0 saturated carbocycles. The zero-order valence-corrected chi connectivity index (χ0v) is 17.3. The molecular formula is C22H26N4O5. The van der Waals surface area contributed by atoms with Crippen molar-refractivity contribution in [2.75, 3.05) is 50.1 Å². The van der Waals surface area contributed by atoms with Gasteiger partial charge in [0.25, 0.3) is 5.91 Å². The first-order chi connectivity index (χ1) is 15.0. The van der Waals surface area contributed by atoms with Crippen LogP contribution in [0.15, 0.2) is 48.5 Å². The molecule has 9 nitrogen and oxygen atoms in total. The number of hydrogen-bond acceptors (Lipinski definition) is 6. The predicted molar refractivity (Wildman–Crippen MR) is 116 cm³/mol. The van der Waals surface area contributed by atoms with E-state index in [9.17, 15) is 19.5 Å². The molecule has 1 heterocycles. The molecule has 31 heavy (non-hydrogen) atoms. The lowest BCUT2D eigenvalue weighted by molar-refractivity contribution is -0.140. The van der Waals surface area contributed by atoms with Crippen LogP contribution in [0.4, 0.5) is 16.2 Å². The van der Waals surface area contributed by atoms with Crippen molar-refractivity contribution < 1.29 is 24.2 Å². The van der Waals surface area contributed by atoms with Crippen molar-refractivity contribution >= 4 is 29.3 Å². The van der Waals surface area contributed by atoms with Crippen LogP contribution in [-0.4, -0.2) is 67.7 Å². The largest absolute Gasteiger partial charge is 0.506 e. The number of carbonyl (C=O) groups is 3. The number of amides is 3. The number of rotatable bonds is 6. The van der Waals surface area contributed by atoms with Gasteiger partial charge in [0, 0.05) is 44.0 Å². The Morgan fingerprint density at radius 3 is 2.32 bits per heavy atom. The van der Waals surface area contributed by atoms with E-state index >= 15 is 0 Å². The maximum absolute atomic E-state index is 12.6. The van der Waals surface area contributed by atoms with E-state index in [1.165, 1.54) is 7.11 Å². The Balaban J connectivity index is 1.47. The molecule has 0 radical (unpaired) electrons. The van der Waals surface area contributed by atoms with E-state index in [4.69, 9.17) is 0 Å². The fraction of sp³-hybridized carbons (Fsp3) is 0.318. The minimum Gasteiger partial charge on any atom is -0.506 e. The number of urea groups is 1. The van der Waals surface area contributed by atoms with E-state index in [1.54, 1.807) is 41.3 Å². The van der Waals surface area contributed by atoms with Gasteiger partial charge in [-0.25, -0.2) is 4.79 Å². The number of anilines is 2. The summed E-state index contributed by atoms with van der Waals surface area (Å²) in [7, 11) is 1.30. The first-order valence-corrected chi connectivity index (χ1v) is 10.0. The van der Waals surface area contributed by atoms with Crippen LogP contribution in [0.3, 0.4) is 0 Å². The molecule has 0 unspecified atom stereocenters. The minimum atomic E-state index is -0.389. The smallest absolute Gasteiger partial charge is 0.321 e. The summed E-state index contributed by atoms with van der Waals surface area (Å²) in [5, 5.41) is 15.5. The molecule has 1 saturated heterocycles. The van der Waals surface area contributed by atoms with Crippen molar-refractivity contribution in [3.05, 3.63) is 54.1 Å². The molecule has 9 heteroatoms. The van der Waals surface area contributed by atoms with Gasteiger partial charge in [0.1, 0.15) is 5.75 Å². The average Bonchev–Trinajstić information content (AvgIpc) is 2.79. The van der Waals surface area contributed by atoms with Gasteiger partial charge < -0.3 is 30.3 Å². The van der Waals surface area contributed by atoms with Crippen LogP contribution in [0.1, 0.15) is 16.8 Å². The lowest BCUT2D eigenvalue weighted by Gasteiger charge is -2.36. The van der Waals surface area contributed by atoms with E-state index in [0.717, 1.165) is 5.69 Å². The molecule has 164 valence electrons. The van der Waals surface area contributed by atoms with Crippen molar-refractivity contribution in [2.45, 2.75) is 6.42 Å². The Bertz CT molecular complexity index is 924. The number of aromatic hydroxyl groups is 1. The quantitative estimate of drug-likeness (QED) is 0.610. The molecule has 0 aromatic heterocycles. The zero-order chi connectivity index (χ0) is 22.2. The first kappa shape index (κ1) is 21.9. The number of hydrogen-bond donors (Lipinski definition) is 3. The van der Waals surface area contributed by atoms with Crippen LogP contribution in [0.2, 0.25) is 0 Å². The number of methoxy groups -OCH3 is 1. The second kappa shape index (κ2) is 10.3. The summed E-state index contributed by atoms with van der Waals surface area (Å²) < 4.78 is 4.53. The van der Waals surface area contributed by atoms with E-state index < -0.39 is 0 Å². The SMILES string of the molecule is COC(=O)CCNC(=O)c1ccc(NC(=O)N2CCN(c3ccccc3O)CC2)cc1. The van der Waals surface area contributed by atoms with Crippen LogP contribution >= 0.6 is 0 Å². The number of benzene rings is 2. The number of ether oxygens (including phenoxy) is 1. The first-order valence-electron chi connectivity index (χ1n) is 10.0. The van der Waals surface area contributed by atoms with Crippen LogP contribution in [0, 0.1) is 0 Å². The molecule has 0 aliphatic carbocycles. The van der Waals surface area contributed by atoms with Crippen LogP contribution in [-0.2, 0) is 9.53 Å². The second-order valence-electron chi connectivity index (χ2n) is 7.05. The average molecular weight is 426 g/mol. The van der Waals surface area contributed by atoms with Crippen molar-refractivity contribution in [3.63, 3.8) is 0 Å². The summed E-state index contributed by atoms with van der Waals surface area (Å²) >= 11 is 0. The number of para-hydroxylation sites is 2. The molecule has 1 fully saturated rings. The Kier molecular flexibility index (Phi) is 7.31. The molecule has 3 N–H and O–H groups in total.